The summed E-state index contributed by atoms with van der Waals surface area (Å²) in [5.41, 5.74) is 6.68. The van der Waals surface area contributed by atoms with Gasteiger partial charge in [0.05, 0.1) is 25.5 Å². The summed E-state index contributed by atoms with van der Waals surface area (Å²) in [6.07, 6.45) is 1.78. The second-order valence-electron chi connectivity index (χ2n) is 4.58. The van der Waals surface area contributed by atoms with E-state index >= 15 is 0 Å². The Morgan fingerprint density at radius 1 is 1.26 bits per heavy atom. The summed E-state index contributed by atoms with van der Waals surface area (Å²) >= 11 is 0. The Balaban J connectivity index is 1.75. The molecule has 106 valence electrons. The number of nitrogens with zero attached hydrogens (tertiary/aromatic N) is 3. The van der Waals surface area contributed by atoms with Gasteiger partial charge in [0.2, 0.25) is 0 Å². The Bertz CT molecular complexity index is 381. The van der Waals surface area contributed by atoms with Crippen molar-refractivity contribution < 1.29 is 9.84 Å². The average Bonchev–Trinajstić information content (AvgIpc) is 2.45. The number of ether oxygens (including phenoxy) is 1. The van der Waals surface area contributed by atoms with Gasteiger partial charge in [0.15, 0.2) is 5.82 Å². The van der Waals surface area contributed by atoms with E-state index in [9.17, 15) is 0 Å². The normalized spacial score (nSPS) is 16.8. The predicted octanol–water partition coefficient (Wildman–Crippen LogP) is -0.205. The summed E-state index contributed by atoms with van der Waals surface area (Å²) in [4.78, 5) is 8.92. The molecule has 2 heterocycles. The number of nitrogens with two attached hydrogens (primary N) is 1. The zero-order chi connectivity index (χ0) is 13.5. The molecule has 2 rings (SSSR count). The molecular weight excluding hydrogens is 244 g/mol. The zero-order valence-electron chi connectivity index (χ0n) is 11.2. The molecule has 0 amide bonds. The van der Waals surface area contributed by atoms with Gasteiger partial charge in [-0.15, -0.1) is 0 Å². The lowest BCUT2D eigenvalue weighted by Crippen LogP contribution is -2.47. The molecule has 0 radical (unpaired) electrons. The summed E-state index contributed by atoms with van der Waals surface area (Å²) < 4.78 is 5.28. The number of aromatic nitrogens is 1. The smallest absolute Gasteiger partial charge is 0.151 e. The molecule has 6 heteroatoms. The quantitative estimate of drug-likeness (QED) is 0.694. The molecule has 1 fully saturated rings. The van der Waals surface area contributed by atoms with Crippen LogP contribution in [0, 0.1) is 0 Å². The van der Waals surface area contributed by atoms with Crippen LogP contribution < -0.4 is 10.6 Å². The van der Waals surface area contributed by atoms with Gasteiger partial charge in [-0.05, 0) is 12.1 Å². The number of pyridine rings is 1. The Kier molecular flexibility index (Phi) is 5.38. The Hall–Kier alpha value is -1.37. The second-order valence-corrected chi connectivity index (χ2v) is 4.58. The maximum atomic E-state index is 8.63. The molecule has 1 saturated heterocycles. The standard InChI is InChI=1S/C13H22N4O2/c14-12-2-1-3-15-13(12)17-6-4-16(5-7-17)8-10-19-11-9-18/h1-3,18H,4-11,14H2. The first-order valence-electron chi connectivity index (χ1n) is 6.67. The van der Waals surface area contributed by atoms with Gasteiger partial charge in [-0.1, -0.05) is 0 Å². The molecule has 1 aromatic rings. The van der Waals surface area contributed by atoms with Crippen LogP contribution in [-0.2, 0) is 4.74 Å². The lowest BCUT2D eigenvalue weighted by Gasteiger charge is -2.35. The van der Waals surface area contributed by atoms with Crippen molar-refractivity contribution in [2.45, 2.75) is 0 Å². The number of aliphatic hydroxyl groups excluding tert-OH is 1. The van der Waals surface area contributed by atoms with Crippen LogP contribution in [0.25, 0.3) is 0 Å². The van der Waals surface area contributed by atoms with E-state index in [1.165, 1.54) is 0 Å². The van der Waals surface area contributed by atoms with Gasteiger partial charge in [0.1, 0.15) is 0 Å². The molecule has 0 bridgehead atoms. The highest BCUT2D eigenvalue weighted by Crippen LogP contribution is 2.20. The van der Waals surface area contributed by atoms with Crippen LogP contribution in [-0.4, -0.2) is 67.5 Å². The summed E-state index contributed by atoms with van der Waals surface area (Å²) in [6, 6.07) is 3.74. The van der Waals surface area contributed by atoms with Crippen molar-refractivity contribution in [1.82, 2.24) is 9.88 Å². The lowest BCUT2D eigenvalue weighted by atomic mass is 10.3. The monoisotopic (exact) mass is 266 g/mol. The molecular formula is C13H22N4O2. The number of nitrogen functional groups attached to an aromatic ring is 1. The SMILES string of the molecule is Nc1cccnc1N1CCN(CCOCCO)CC1. The number of hydrogen-bond acceptors (Lipinski definition) is 6. The second kappa shape index (κ2) is 7.28. The molecule has 0 aromatic carbocycles. The van der Waals surface area contributed by atoms with Gasteiger partial charge in [0, 0.05) is 38.9 Å². The maximum Gasteiger partial charge on any atom is 0.151 e. The number of piperazine rings is 1. The van der Waals surface area contributed by atoms with Gasteiger partial charge < -0.3 is 20.5 Å². The summed E-state index contributed by atoms with van der Waals surface area (Å²) in [7, 11) is 0. The predicted molar refractivity (Wildman–Crippen MR) is 75.2 cm³/mol. The van der Waals surface area contributed by atoms with Crippen LogP contribution in [0.15, 0.2) is 18.3 Å². The first-order chi connectivity index (χ1) is 9.31. The van der Waals surface area contributed by atoms with Gasteiger partial charge in [-0.2, -0.15) is 0 Å². The van der Waals surface area contributed by atoms with E-state index in [4.69, 9.17) is 15.6 Å². The van der Waals surface area contributed by atoms with E-state index < -0.39 is 0 Å². The maximum absolute atomic E-state index is 8.63. The third-order valence-electron chi connectivity index (χ3n) is 3.28. The van der Waals surface area contributed by atoms with Crippen molar-refractivity contribution >= 4 is 11.5 Å². The highest BCUT2D eigenvalue weighted by atomic mass is 16.5. The number of hydrogen-bond donors (Lipinski definition) is 2. The van der Waals surface area contributed by atoms with Crippen LogP contribution in [0.2, 0.25) is 0 Å². The summed E-state index contributed by atoms with van der Waals surface area (Å²) in [5, 5.41) is 8.63. The minimum atomic E-state index is 0.0900. The van der Waals surface area contributed by atoms with Crippen molar-refractivity contribution in [3.05, 3.63) is 18.3 Å². The third kappa shape index (κ3) is 4.05. The fraction of sp³-hybridized carbons (Fsp3) is 0.615. The molecule has 6 nitrogen and oxygen atoms in total. The molecule has 0 atom stereocenters. The van der Waals surface area contributed by atoms with E-state index in [-0.39, 0.29) is 6.61 Å². The molecule has 0 unspecified atom stereocenters. The zero-order valence-corrected chi connectivity index (χ0v) is 11.2. The molecule has 0 saturated carbocycles. The van der Waals surface area contributed by atoms with E-state index in [2.05, 4.69) is 14.8 Å². The highest BCUT2D eigenvalue weighted by molar-refractivity contribution is 5.62. The van der Waals surface area contributed by atoms with Crippen LogP contribution in [0.5, 0.6) is 0 Å². The Morgan fingerprint density at radius 2 is 2.05 bits per heavy atom. The number of rotatable bonds is 6. The molecule has 0 aliphatic carbocycles. The number of aliphatic hydroxyl groups is 1. The molecule has 19 heavy (non-hydrogen) atoms. The molecule has 0 spiro atoms. The van der Waals surface area contributed by atoms with Crippen molar-refractivity contribution in [3.8, 4) is 0 Å². The van der Waals surface area contributed by atoms with Crippen LogP contribution in [0.4, 0.5) is 11.5 Å². The van der Waals surface area contributed by atoms with Crippen LogP contribution in [0.1, 0.15) is 0 Å². The van der Waals surface area contributed by atoms with Crippen LogP contribution in [0.3, 0.4) is 0 Å². The third-order valence-corrected chi connectivity index (χ3v) is 3.28. The van der Waals surface area contributed by atoms with Crippen LogP contribution >= 0.6 is 0 Å². The van der Waals surface area contributed by atoms with Gasteiger partial charge in [-0.25, -0.2) is 4.98 Å². The van der Waals surface area contributed by atoms with E-state index in [1.54, 1.807) is 6.20 Å². The lowest BCUT2D eigenvalue weighted by molar-refractivity contribution is 0.0724. The molecule has 1 aliphatic rings. The molecule has 1 aromatic heterocycles. The minimum absolute atomic E-state index is 0.0900. The highest BCUT2D eigenvalue weighted by Gasteiger charge is 2.18. The fourth-order valence-corrected chi connectivity index (χ4v) is 2.22. The Labute approximate surface area is 113 Å². The minimum Gasteiger partial charge on any atom is -0.396 e. The van der Waals surface area contributed by atoms with Crippen molar-refractivity contribution in [2.75, 3.05) is 63.2 Å². The topological polar surface area (TPSA) is 74.9 Å². The van der Waals surface area contributed by atoms with Crippen molar-refractivity contribution in [2.24, 2.45) is 0 Å². The van der Waals surface area contributed by atoms with E-state index in [0.29, 0.717) is 13.2 Å². The van der Waals surface area contributed by atoms with E-state index in [0.717, 1.165) is 44.2 Å². The number of anilines is 2. The first-order valence-corrected chi connectivity index (χ1v) is 6.67. The fourth-order valence-electron chi connectivity index (χ4n) is 2.22. The Morgan fingerprint density at radius 3 is 2.74 bits per heavy atom. The largest absolute Gasteiger partial charge is 0.396 e. The van der Waals surface area contributed by atoms with Gasteiger partial charge >= 0.3 is 0 Å². The van der Waals surface area contributed by atoms with Gasteiger partial charge in [-0.3, -0.25) is 4.90 Å². The molecule has 1 aliphatic heterocycles. The van der Waals surface area contributed by atoms with E-state index in [1.807, 2.05) is 12.1 Å². The molecule has 3 N–H and O–H groups in total. The van der Waals surface area contributed by atoms with Crippen molar-refractivity contribution in [3.63, 3.8) is 0 Å². The van der Waals surface area contributed by atoms with Crippen molar-refractivity contribution in [1.29, 1.82) is 0 Å². The van der Waals surface area contributed by atoms with Gasteiger partial charge in [0.25, 0.3) is 0 Å². The average molecular weight is 266 g/mol. The summed E-state index contributed by atoms with van der Waals surface area (Å²) in [5.74, 6) is 0.888. The summed E-state index contributed by atoms with van der Waals surface area (Å²) in [6.45, 7) is 5.93. The first kappa shape index (κ1) is 14.0.